The molecular weight excluding hydrogens is 531 g/mol. The minimum absolute atomic E-state index is 0. The number of aliphatic imine (C=N–C) groups is 1. The Hall–Kier alpha value is -2.37. The third kappa shape index (κ3) is 6.15. The van der Waals surface area contributed by atoms with Gasteiger partial charge >= 0.3 is 0 Å². The number of nitrogens with zero attached hydrogens (tertiary/aromatic N) is 6. The summed E-state index contributed by atoms with van der Waals surface area (Å²) in [5.41, 5.74) is 7.88. The summed E-state index contributed by atoms with van der Waals surface area (Å²) in [6.45, 7) is 7.00. The maximum absolute atomic E-state index is 11.5. The molecule has 4 rings (SSSR count). The number of aryl methyl sites for hydroxylation is 1. The normalized spacial score (nSPS) is 19.5. The van der Waals surface area contributed by atoms with Crippen LogP contribution in [0, 0.1) is 5.92 Å². The Morgan fingerprint density at radius 1 is 1.27 bits per heavy atom. The fourth-order valence-electron chi connectivity index (χ4n) is 4.68. The van der Waals surface area contributed by atoms with E-state index in [1.807, 2.05) is 30.2 Å². The van der Waals surface area contributed by atoms with Crippen molar-refractivity contribution in [2.45, 2.75) is 38.6 Å². The first-order valence-corrected chi connectivity index (χ1v) is 11.5. The highest BCUT2D eigenvalue weighted by molar-refractivity contribution is 14.0. The van der Waals surface area contributed by atoms with Crippen LogP contribution in [0.15, 0.2) is 35.7 Å². The lowest BCUT2D eigenvalue weighted by atomic mass is 9.96. The summed E-state index contributed by atoms with van der Waals surface area (Å²) in [6, 6.07) is 4.06. The fourth-order valence-corrected chi connectivity index (χ4v) is 4.68. The highest BCUT2D eigenvalue weighted by atomic mass is 127. The summed E-state index contributed by atoms with van der Waals surface area (Å²) in [5.74, 6) is 2.17. The van der Waals surface area contributed by atoms with Crippen molar-refractivity contribution in [3.63, 3.8) is 0 Å². The van der Waals surface area contributed by atoms with Gasteiger partial charge in [-0.3, -0.25) is 9.48 Å². The lowest BCUT2D eigenvalue weighted by Crippen LogP contribution is -2.40. The van der Waals surface area contributed by atoms with Gasteiger partial charge in [-0.1, -0.05) is 6.07 Å². The summed E-state index contributed by atoms with van der Waals surface area (Å²) >= 11 is 0. The fraction of sp³-hybridized carbons (Fsp3) is 0.565. The van der Waals surface area contributed by atoms with Gasteiger partial charge in [0.25, 0.3) is 0 Å². The van der Waals surface area contributed by atoms with Gasteiger partial charge in [-0.05, 0) is 37.8 Å². The summed E-state index contributed by atoms with van der Waals surface area (Å²) in [5, 5.41) is 7.79. The van der Waals surface area contributed by atoms with E-state index >= 15 is 0 Å². The molecule has 4 heterocycles. The molecule has 0 radical (unpaired) electrons. The number of nitrogens with one attached hydrogen (secondary N) is 1. The van der Waals surface area contributed by atoms with Gasteiger partial charge < -0.3 is 20.9 Å². The molecule has 0 spiro atoms. The van der Waals surface area contributed by atoms with Gasteiger partial charge in [-0.25, -0.2) is 9.98 Å². The topological polar surface area (TPSA) is 105 Å². The van der Waals surface area contributed by atoms with E-state index < -0.39 is 0 Å². The Morgan fingerprint density at radius 3 is 2.73 bits per heavy atom. The second-order valence-electron chi connectivity index (χ2n) is 8.70. The van der Waals surface area contributed by atoms with Gasteiger partial charge in [-0.15, -0.1) is 24.0 Å². The van der Waals surface area contributed by atoms with Gasteiger partial charge in [0.15, 0.2) is 5.96 Å². The third-order valence-electron chi connectivity index (χ3n) is 6.48. The first-order valence-electron chi connectivity index (χ1n) is 11.5. The first-order chi connectivity index (χ1) is 15.5. The number of piperidine rings is 1. The van der Waals surface area contributed by atoms with Crippen LogP contribution in [0.5, 0.6) is 0 Å². The van der Waals surface area contributed by atoms with Gasteiger partial charge in [-0.2, -0.15) is 5.10 Å². The molecule has 0 aromatic carbocycles. The molecule has 0 bridgehead atoms. The molecule has 1 unspecified atom stereocenters. The SMILES string of the molecule is CCNC(=NCc1cccnc1N1CCC(C(N)=O)CC1)N1CCC(c2cnn(C)c2)C1.I. The number of nitrogens with two attached hydrogens (primary N) is 1. The zero-order valence-electron chi connectivity index (χ0n) is 19.5. The molecule has 3 N–H and O–H groups in total. The summed E-state index contributed by atoms with van der Waals surface area (Å²) < 4.78 is 1.87. The van der Waals surface area contributed by atoms with Crippen molar-refractivity contribution >= 4 is 41.7 Å². The van der Waals surface area contributed by atoms with E-state index in [0.29, 0.717) is 12.5 Å². The minimum Gasteiger partial charge on any atom is -0.369 e. The monoisotopic (exact) mass is 566 g/mol. The molecule has 10 heteroatoms. The van der Waals surface area contributed by atoms with Crippen molar-refractivity contribution in [1.29, 1.82) is 0 Å². The van der Waals surface area contributed by atoms with E-state index in [1.165, 1.54) is 5.56 Å². The molecule has 1 atom stereocenters. The highest BCUT2D eigenvalue weighted by Gasteiger charge is 2.28. The molecule has 2 aliphatic rings. The maximum atomic E-state index is 11.5. The quantitative estimate of drug-likeness (QED) is 0.316. The van der Waals surface area contributed by atoms with Crippen LogP contribution in [-0.2, 0) is 18.4 Å². The molecule has 0 aliphatic carbocycles. The van der Waals surface area contributed by atoms with E-state index in [4.69, 9.17) is 10.7 Å². The number of hydrogen-bond donors (Lipinski definition) is 2. The molecule has 180 valence electrons. The van der Waals surface area contributed by atoms with E-state index in [1.54, 1.807) is 0 Å². The lowest BCUT2D eigenvalue weighted by Gasteiger charge is -2.32. The second kappa shape index (κ2) is 11.7. The van der Waals surface area contributed by atoms with Crippen molar-refractivity contribution in [3.05, 3.63) is 41.9 Å². The van der Waals surface area contributed by atoms with Crippen LogP contribution in [0.25, 0.3) is 0 Å². The molecule has 2 saturated heterocycles. The van der Waals surface area contributed by atoms with Crippen LogP contribution in [0.2, 0.25) is 0 Å². The van der Waals surface area contributed by atoms with Gasteiger partial charge in [0.2, 0.25) is 5.91 Å². The molecule has 2 aromatic heterocycles. The number of rotatable bonds is 6. The number of guanidine groups is 1. The van der Waals surface area contributed by atoms with Crippen LogP contribution in [0.3, 0.4) is 0 Å². The van der Waals surface area contributed by atoms with Crippen molar-refractivity contribution in [2.24, 2.45) is 23.7 Å². The van der Waals surface area contributed by atoms with Crippen LogP contribution in [0.4, 0.5) is 5.82 Å². The Balaban J connectivity index is 0.00000306. The van der Waals surface area contributed by atoms with E-state index in [9.17, 15) is 4.79 Å². The smallest absolute Gasteiger partial charge is 0.220 e. The number of hydrogen-bond acceptors (Lipinski definition) is 5. The molecule has 33 heavy (non-hydrogen) atoms. The second-order valence-corrected chi connectivity index (χ2v) is 8.70. The number of carbonyl (C=O) groups excluding carboxylic acids is 1. The van der Waals surface area contributed by atoms with Crippen molar-refractivity contribution < 1.29 is 4.79 Å². The largest absolute Gasteiger partial charge is 0.369 e. The van der Waals surface area contributed by atoms with E-state index in [-0.39, 0.29) is 35.8 Å². The molecule has 0 saturated carbocycles. The summed E-state index contributed by atoms with van der Waals surface area (Å²) in [7, 11) is 1.96. The van der Waals surface area contributed by atoms with Crippen LogP contribution >= 0.6 is 24.0 Å². The Bertz CT molecular complexity index is 953. The standard InChI is InChI=1S/C23H34N8O.HI/c1-3-25-23(31-12-8-19(16-31)20-14-28-29(2)15-20)27-13-18-5-4-9-26-22(18)30-10-6-17(7-11-30)21(24)32;/h4-5,9,14-15,17,19H,3,6-8,10-13,16H2,1-2H3,(H2,24,32)(H,25,27);1H. The van der Waals surface area contributed by atoms with Crippen molar-refractivity contribution in [3.8, 4) is 0 Å². The third-order valence-corrected chi connectivity index (χ3v) is 6.48. The number of primary amides is 1. The zero-order chi connectivity index (χ0) is 22.5. The number of likely N-dealkylation sites (tertiary alicyclic amines) is 1. The predicted octanol–water partition coefficient (Wildman–Crippen LogP) is 2.09. The molecule has 2 aromatic rings. The minimum atomic E-state index is -0.194. The average Bonchev–Trinajstić information content (AvgIpc) is 3.46. The molecule has 1 amide bonds. The van der Waals surface area contributed by atoms with Gasteiger partial charge in [0.05, 0.1) is 12.7 Å². The number of amides is 1. The number of aromatic nitrogens is 3. The van der Waals surface area contributed by atoms with Crippen molar-refractivity contribution in [2.75, 3.05) is 37.6 Å². The van der Waals surface area contributed by atoms with Crippen LogP contribution in [-0.4, -0.2) is 64.3 Å². The van der Waals surface area contributed by atoms with E-state index in [0.717, 1.165) is 69.3 Å². The van der Waals surface area contributed by atoms with Crippen LogP contribution < -0.4 is 16.0 Å². The lowest BCUT2D eigenvalue weighted by molar-refractivity contribution is -0.122. The predicted molar refractivity (Wildman–Crippen MR) is 141 cm³/mol. The van der Waals surface area contributed by atoms with Gasteiger partial charge in [0, 0.05) is 69.6 Å². The Labute approximate surface area is 212 Å². The summed E-state index contributed by atoms with van der Waals surface area (Å²) in [4.78, 5) is 25.7. The Kier molecular flexibility index (Phi) is 8.93. The van der Waals surface area contributed by atoms with Gasteiger partial charge in [0.1, 0.15) is 5.82 Å². The average molecular weight is 566 g/mol. The molecular formula is C23H35IN8O. The molecule has 2 fully saturated rings. The molecule has 9 nitrogen and oxygen atoms in total. The summed E-state index contributed by atoms with van der Waals surface area (Å²) in [6.07, 6.45) is 8.57. The molecule has 2 aliphatic heterocycles. The number of carbonyl (C=O) groups is 1. The van der Waals surface area contributed by atoms with Crippen molar-refractivity contribution in [1.82, 2.24) is 25.0 Å². The zero-order valence-corrected chi connectivity index (χ0v) is 21.8. The van der Waals surface area contributed by atoms with Crippen LogP contribution in [0.1, 0.15) is 43.2 Å². The highest BCUT2D eigenvalue weighted by Crippen LogP contribution is 2.28. The first kappa shape index (κ1) is 25.3. The number of anilines is 1. The van der Waals surface area contributed by atoms with E-state index in [2.05, 4.69) is 44.4 Å². The number of halogens is 1. The Morgan fingerprint density at radius 2 is 2.06 bits per heavy atom. The maximum Gasteiger partial charge on any atom is 0.220 e. The number of pyridine rings is 1.